The topological polar surface area (TPSA) is 107 Å². The number of rotatable bonds is 9. The first-order valence-electron chi connectivity index (χ1n) is 11.1. The number of methoxy groups -OCH3 is 1. The van der Waals surface area contributed by atoms with Crippen LogP contribution in [0.4, 0.5) is 5.82 Å². The van der Waals surface area contributed by atoms with Gasteiger partial charge in [0.05, 0.1) is 12.7 Å². The van der Waals surface area contributed by atoms with E-state index in [1.807, 2.05) is 26.0 Å². The van der Waals surface area contributed by atoms with Crippen molar-refractivity contribution in [2.24, 2.45) is 0 Å². The van der Waals surface area contributed by atoms with Crippen molar-refractivity contribution in [2.75, 3.05) is 19.2 Å². The minimum atomic E-state index is -1.22. The summed E-state index contributed by atoms with van der Waals surface area (Å²) in [4.78, 5) is 30.6. The van der Waals surface area contributed by atoms with Crippen LogP contribution in [0.2, 0.25) is 0 Å². The minimum Gasteiger partial charge on any atom is -0.497 e. The second kappa shape index (κ2) is 10.3. The molecule has 3 aromatic rings. The lowest BCUT2D eigenvalue weighted by atomic mass is 9.89. The largest absolute Gasteiger partial charge is 0.497 e. The van der Waals surface area contributed by atoms with E-state index in [9.17, 15) is 14.7 Å². The van der Waals surface area contributed by atoms with Gasteiger partial charge in [0.1, 0.15) is 11.6 Å². The molecule has 1 aromatic heterocycles. The predicted molar refractivity (Wildman–Crippen MR) is 131 cm³/mol. The van der Waals surface area contributed by atoms with Gasteiger partial charge in [0.2, 0.25) is 6.79 Å². The molecule has 0 aliphatic carbocycles. The summed E-state index contributed by atoms with van der Waals surface area (Å²) >= 11 is 0. The highest BCUT2D eigenvalue weighted by Gasteiger charge is 2.26. The molecule has 8 nitrogen and oxygen atoms in total. The van der Waals surface area contributed by atoms with Crippen LogP contribution in [0.5, 0.6) is 17.2 Å². The van der Waals surface area contributed by atoms with Gasteiger partial charge in [0.25, 0.3) is 0 Å². The van der Waals surface area contributed by atoms with E-state index in [1.165, 1.54) is 7.11 Å². The van der Waals surface area contributed by atoms with Crippen molar-refractivity contribution < 1.29 is 28.9 Å². The highest BCUT2D eigenvalue weighted by atomic mass is 16.7. The van der Waals surface area contributed by atoms with Crippen LogP contribution in [0.1, 0.15) is 35.3 Å². The molecular weight excluding hydrogens is 448 g/mol. The summed E-state index contributed by atoms with van der Waals surface area (Å²) in [5.74, 6) is 0.643. The average molecular weight is 475 g/mol. The molecule has 0 unspecified atom stereocenters. The molecule has 0 fully saturated rings. The fraction of sp³-hybridized carbons (Fsp3) is 0.222. The number of anilines is 1. The summed E-state index contributed by atoms with van der Waals surface area (Å²) in [6, 6.07) is 15.3. The van der Waals surface area contributed by atoms with Crippen molar-refractivity contribution in [2.45, 2.75) is 26.3 Å². The van der Waals surface area contributed by atoms with Crippen LogP contribution in [-0.4, -0.2) is 41.8 Å². The van der Waals surface area contributed by atoms with E-state index in [-0.39, 0.29) is 30.4 Å². The number of carbonyl (C=O) groups excluding carboxylic acids is 1. The van der Waals surface area contributed by atoms with Gasteiger partial charge in [0.15, 0.2) is 17.3 Å². The molecule has 1 aliphatic rings. The van der Waals surface area contributed by atoms with Crippen molar-refractivity contribution in [1.82, 2.24) is 4.98 Å². The molecule has 0 saturated heterocycles. The monoisotopic (exact) mass is 474 g/mol. The number of hydrogen-bond acceptors (Lipinski definition) is 7. The zero-order valence-corrected chi connectivity index (χ0v) is 19.7. The second-order valence-corrected chi connectivity index (χ2v) is 8.31. The maximum atomic E-state index is 13.7. The number of carboxylic acid groups (broad SMARTS) is 1. The third kappa shape index (κ3) is 5.43. The number of aliphatic carboxylic acids is 1. The lowest BCUT2D eigenvalue weighted by Crippen LogP contribution is -2.14. The van der Waals surface area contributed by atoms with Crippen LogP contribution in [0.15, 0.2) is 66.4 Å². The smallest absolute Gasteiger partial charge is 0.336 e. The Morgan fingerprint density at radius 1 is 1.03 bits per heavy atom. The van der Waals surface area contributed by atoms with E-state index in [4.69, 9.17) is 14.2 Å². The predicted octanol–water partition coefficient (Wildman–Crippen LogP) is 4.60. The number of carboxylic acids is 1. The van der Waals surface area contributed by atoms with Crippen LogP contribution in [0, 0.1) is 0 Å². The summed E-state index contributed by atoms with van der Waals surface area (Å²) in [5.41, 5.74) is 1.44. The second-order valence-electron chi connectivity index (χ2n) is 8.31. The van der Waals surface area contributed by atoms with E-state index in [0.717, 1.165) is 0 Å². The van der Waals surface area contributed by atoms with Crippen LogP contribution in [0.25, 0.3) is 5.57 Å². The first-order chi connectivity index (χ1) is 16.9. The molecule has 8 heteroatoms. The van der Waals surface area contributed by atoms with Crippen molar-refractivity contribution in [1.29, 1.82) is 0 Å². The number of Topliss-reactive ketones (excluding diaryl/α,β-unsaturated/α-hetero) is 1. The molecule has 0 spiro atoms. The summed E-state index contributed by atoms with van der Waals surface area (Å²) in [6.45, 7) is 4.08. The average Bonchev–Trinajstić information content (AvgIpc) is 3.32. The molecule has 2 heterocycles. The Hall–Kier alpha value is -4.33. The standard InChI is InChI=1S/C27H26N2O6/c1-16(2)29-24-11-4-17(14-28-24)12-21(26(30)18-5-8-20(33-3)9-6-18)25(27(31)32)19-7-10-22-23(13-19)35-15-34-22/h4-11,13-14,16H,12,15H2,1-3H3,(H,28,29)(H,31,32)/b25-21-. The maximum Gasteiger partial charge on any atom is 0.336 e. The fourth-order valence-corrected chi connectivity index (χ4v) is 3.79. The van der Waals surface area contributed by atoms with E-state index in [0.29, 0.717) is 39.8 Å². The number of ketones is 1. The highest BCUT2D eigenvalue weighted by Crippen LogP contribution is 2.36. The number of nitrogens with one attached hydrogen (secondary N) is 1. The van der Waals surface area contributed by atoms with Crippen molar-refractivity contribution in [3.8, 4) is 17.2 Å². The van der Waals surface area contributed by atoms with E-state index in [2.05, 4.69) is 10.3 Å². The Morgan fingerprint density at radius 3 is 2.37 bits per heavy atom. The highest BCUT2D eigenvalue weighted by molar-refractivity contribution is 6.26. The SMILES string of the molecule is COc1ccc(C(=O)/C(Cc2ccc(NC(C)C)nc2)=C(\C(=O)O)c2ccc3c(c2)OCO3)cc1. The number of carbonyl (C=O) groups is 2. The van der Waals surface area contributed by atoms with E-state index >= 15 is 0 Å². The van der Waals surface area contributed by atoms with Gasteiger partial charge in [0, 0.05) is 29.8 Å². The summed E-state index contributed by atoms with van der Waals surface area (Å²) in [6.07, 6.45) is 1.72. The van der Waals surface area contributed by atoms with Gasteiger partial charge >= 0.3 is 5.97 Å². The number of allylic oxidation sites excluding steroid dienone is 1. The minimum absolute atomic E-state index is 0.0605. The molecule has 0 radical (unpaired) electrons. The van der Waals surface area contributed by atoms with E-state index < -0.39 is 11.8 Å². The van der Waals surface area contributed by atoms with Gasteiger partial charge in [-0.2, -0.15) is 0 Å². The molecule has 2 aromatic carbocycles. The molecule has 4 rings (SSSR count). The normalized spacial score (nSPS) is 12.8. The number of nitrogens with zero attached hydrogens (tertiary/aromatic N) is 1. The zero-order valence-electron chi connectivity index (χ0n) is 19.7. The summed E-state index contributed by atoms with van der Waals surface area (Å²) in [7, 11) is 1.54. The van der Waals surface area contributed by atoms with Gasteiger partial charge in [-0.1, -0.05) is 12.1 Å². The molecule has 2 N–H and O–H groups in total. The molecule has 180 valence electrons. The van der Waals surface area contributed by atoms with Crippen LogP contribution < -0.4 is 19.5 Å². The van der Waals surface area contributed by atoms with Gasteiger partial charge in [-0.3, -0.25) is 4.79 Å². The molecule has 0 saturated carbocycles. The van der Waals surface area contributed by atoms with E-state index in [1.54, 1.807) is 48.7 Å². The molecule has 0 atom stereocenters. The van der Waals surface area contributed by atoms with Gasteiger partial charge < -0.3 is 24.6 Å². The molecular formula is C27H26N2O6. The number of fused-ring (bicyclic) bond motifs is 1. The van der Waals surface area contributed by atoms with Gasteiger partial charge in [-0.25, -0.2) is 9.78 Å². The Bertz CT molecular complexity index is 1260. The Kier molecular flexibility index (Phi) is 7.01. The number of benzene rings is 2. The number of hydrogen-bond donors (Lipinski definition) is 2. The number of pyridine rings is 1. The van der Waals surface area contributed by atoms with Crippen LogP contribution in [-0.2, 0) is 11.2 Å². The number of ether oxygens (including phenoxy) is 3. The third-order valence-electron chi connectivity index (χ3n) is 5.45. The summed E-state index contributed by atoms with van der Waals surface area (Å²) in [5, 5.41) is 13.4. The quantitative estimate of drug-likeness (QED) is 0.342. The molecule has 0 amide bonds. The van der Waals surface area contributed by atoms with Crippen molar-refractivity contribution >= 4 is 23.1 Å². The molecule has 1 aliphatic heterocycles. The van der Waals surface area contributed by atoms with Gasteiger partial charge in [-0.05, 0) is 67.4 Å². The number of aromatic nitrogens is 1. The van der Waals surface area contributed by atoms with Crippen molar-refractivity contribution in [3.05, 3.63) is 83.1 Å². The lowest BCUT2D eigenvalue weighted by molar-refractivity contribution is -0.130. The Morgan fingerprint density at radius 2 is 1.74 bits per heavy atom. The lowest BCUT2D eigenvalue weighted by Gasteiger charge is -2.14. The maximum absolute atomic E-state index is 13.7. The van der Waals surface area contributed by atoms with Gasteiger partial charge in [-0.15, -0.1) is 0 Å². The van der Waals surface area contributed by atoms with Crippen molar-refractivity contribution in [3.63, 3.8) is 0 Å². The Balaban J connectivity index is 1.80. The van der Waals surface area contributed by atoms with Crippen LogP contribution >= 0.6 is 0 Å². The van der Waals surface area contributed by atoms with Crippen LogP contribution in [0.3, 0.4) is 0 Å². The first-order valence-corrected chi connectivity index (χ1v) is 11.1. The zero-order chi connectivity index (χ0) is 24.9. The molecule has 35 heavy (non-hydrogen) atoms. The summed E-state index contributed by atoms with van der Waals surface area (Å²) < 4.78 is 16.0. The Labute approximate surface area is 203 Å². The fourth-order valence-electron chi connectivity index (χ4n) is 3.79. The first kappa shape index (κ1) is 23.8. The molecule has 0 bridgehead atoms. The third-order valence-corrected chi connectivity index (χ3v) is 5.45.